The smallest absolute Gasteiger partial charge is 0.271 e. The summed E-state index contributed by atoms with van der Waals surface area (Å²) < 4.78 is 5.50. The molecule has 0 bridgehead atoms. The summed E-state index contributed by atoms with van der Waals surface area (Å²) in [4.78, 5) is 22.8. The van der Waals surface area contributed by atoms with Gasteiger partial charge in [-0.15, -0.1) is 0 Å². The van der Waals surface area contributed by atoms with Gasteiger partial charge in [-0.2, -0.15) is 0 Å². The Kier molecular flexibility index (Phi) is 6.69. The molecule has 0 fully saturated rings. The number of hydrogen-bond acceptors (Lipinski definition) is 5. The van der Waals surface area contributed by atoms with Crippen molar-refractivity contribution in [2.45, 2.75) is 46.1 Å². The third kappa shape index (κ3) is 5.26. The highest BCUT2D eigenvalue weighted by Gasteiger charge is 2.30. The summed E-state index contributed by atoms with van der Waals surface area (Å²) in [6, 6.07) is 7.37. The van der Waals surface area contributed by atoms with Gasteiger partial charge in [0.15, 0.2) is 5.78 Å². The highest BCUT2D eigenvalue weighted by molar-refractivity contribution is 5.79. The highest BCUT2D eigenvalue weighted by Crippen LogP contribution is 2.33. The van der Waals surface area contributed by atoms with E-state index >= 15 is 0 Å². The van der Waals surface area contributed by atoms with Crippen molar-refractivity contribution in [1.82, 2.24) is 0 Å². The first-order valence-corrected chi connectivity index (χ1v) is 8.78. The average molecular weight is 358 g/mol. The Morgan fingerprint density at radius 1 is 1.35 bits per heavy atom. The lowest BCUT2D eigenvalue weighted by Gasteiger charge is -2.16. The van der Waals surface area contributed by atoms with Crippen LogP contribution in [0.2, 0.25) is 0 Å². The lowest BCUT2D eigenvalue weighted by molar-refractivity contribution is -0.421. The number of ether oxygens (including phenoxy) is 1. The molecule has 26 heavy (non-hydrogen) atoms. The van der Waals surface area contributed by atoms with Crippen molar-refractivity contribution in [1.29, 1.82) is 0 Å². The Bertz CT molecular complexity index is 752. The zero-order chi connectivity index (χ0) is 19.3. The van der Waals surface area contributed by atoms with Crippen LogP contribution in [-0.2, 0) is 4.79 Å². The van der Waals surface area contributed by atoms with Crippen LogP contribution in [0.1, 0.15) is 38.7 Å². The largest absolute Gasteiger partial charge is 0.486 e. The van der Waals surface area contributed by atoms with Crippen LogP contribution in [0.3, 0.4) is 0 Å². The van der Waals surface area contributed by atoms with Crippen molar-refractivity contribution in [2.24, 2.45) is 11.7 Å². The van der Waals surface area contributed by atoms with Gasteiger partial charge in [-0.1, -0.05) is 18.2 Å². The number of nitrogens with zero attached hydrogens (tertiary/aromatic N) is 1. The van der Waals surface area contributed by atoms with Gasteiger partial charge in [0.1, 0.15) is 12.4 Å². The van der Waals surface area contributed by atoms with E-state index in [-0.39, 0.29) is 35.0 Å². The topological polar surface area (TPSA) is 95.5 Å². The molecule has 0 saturated heterocycles. The highest BCUT2D eigenvalue weighted by atomic mass is 16.6. The molecule has 1 aliphatic carbocycles. The SMILES string of the molecule is CC1=CC(C[C@H](N)CCC(=O)COc2cccc(C)c2)C(C)=C1[N+](=O)[O-]. The van der Waals surface area contributed by atoms with Crippen LogP contribution in [0.25, 0.3) is 0 Å². The number of ketones is 1. The van der Waals surface area contributed by atoms with E-state index in [2.05, 4.69) is 0 Å². The Labute approximate surface area is 153 Å². The zero-order valence-corrected chi connectivity index (χ0v) is 15.5. The standard InChI is InChI=1S/C20H26N2O4/c1-13-5-4-6-19(9-13)26-12-18(23)8-7-17(21)11-16-10-14(2)20(15(16)3)22(24)25/h4-6,9-10,16-17H,7-8,11-12,21H2,1-3H3/t16?,17-/m1/s1. The van der Waals surface area contributed by atoms with E-state index in [1.54, 1.807) is 13.8 Å². The van der Waals surface area contributed by atoms with E-state index in [0.717, 1.165) is 11.1 Å². The zero-order valence-electron chi connectivity index (χ0n) is 15.5. The number of benzene rings is 1. The van der Waals surface area contributed by atoms with Crippen LogP contribution in [0.5, 0.6) is 5.75 Å². The van der Waals surface area contributed by atoms with Crippen LogP contribution >= 0.6 is 0 Å². The van der Waals surface area contributed by atoms with Crippen molar-refractivity contribution in [3.8, 4) is 5.75 Å². The molecule has 0 amide bonds. The number of hydrogen-bond donors (Lipinski definition) is 1. The maximum Gasteiger partial charge on any atom is 0.271 e. The molecule has 0 spiro atoms. The van der Waals surface area contributed by atoms with Crippen molar-refractivity contribution in [3.63, 3.8) is 0 Å². The number of Topliss-reactive ketones (excluding diaryl/α,β-unsaturated/α-hetero) is 1. The molecule has 140 valence electrons. The number of nitrogens with two attached hydrogens (primary N) is 1. The molecule has 2 atom stereocenters. The molecule has 1 unspecified atom stereocenters. The summed E-state index contributed by atoms with van der Waals surface area (Å²) in [6.07, 6.45) is 3.39. The molecule has 6 nitrogen and oxygen atoms in total. The predicted molar refractivity (Wildman–Crippen MR) is 100 cm³/mol. The van der Waals surface area contributed by atoms with Crippen molar-refractivity contribution in [2.75, 3.05) is 6.61 Å². The summed E-state index contributed by atoms with van der Waals surface area (Å²) in [6.45, 7) is 5.53. The van der Waals surface area contributed by atoms with E-state index in [1.807, 2.05) is 37.3 Å². The van der Waals surface area contributed by atoms with Crippen molar-refractivity contribution < 1.29 is 14.5 Å². The van der Waals surface area contributed by atoms with Gasteiger partial charge in [0.25, 0.3) is 5.70 Å². The van der Waals surface area contributed by atoms with E-state index < -0.39 is 0 Å². The van der Waals surface area contributed by atoms with Crippen LogP contribution in [0, 0.1) is 23.0 Å². The molecule has 0 aliphatic heterocycles. The number of carbonyl (C=O) groups is 1. The second-order valence-corrected chi connectivity index (χ2v) is 6.92. The lowest BCUT2D eigenvalue weighted by Crippen LogP contribution is -2.25. The van der Waals surface area contributed by atoms with E-state index in [9.17, 15) is 14.9 Å². The fraction of sp³-hybridized carbons (Fsp3) is 0.450. The van der Waals surface area contributed by atoms with Gasteiger partial charge in [0.05, 0.1) is 4.92 Å². The molecule has 1 aliphatic rings. The van der Waals surface area contributed by atoms with Gasteiger partial charge >= 0.3 is 0 Å². The first-order valence-electron chi connectivity index (χ1n) is 8.78. The lowest BCUT2D eigenvalue weighted by atomic mass is 9.93. The Hall–Kier alpha value is -2.47. The second kappa shape index (κ2) is 8.76. The fourth-order valence-electron chi connectivity index (χ4n) is 3.26. The van der Waals surface area contributed by atoms with Crippen molar-refractivity contribution >= 4 is 5.78 Å². The van der Waals surface area contributed by atoms with Gasteiger partial charge in [0, 0.05) is 29.5 Å². The molecule has 1 aromatic rings. The third-order valence-corrected chi connectivity index (χ3v) is 4.68. The minimum absolute atomic E-state index is 0.00153. The molecule has 0 radical (unpaired) electrons. The Morgan fingerprint density at radius 2 is 2.08 bits per heavy atom. The van der Waals surface area contributed by atoms with Gasteiger partial charge in [-0.05, 0) is 51.3 Å². The molecular formula is C20H26N2O4. The molecule has 1 aromatic carbocycles. The third-order valence-electron chi connectivity index (χ3n) is 4.68. The quantitative estimate of drug-likeness (QED) is 0.538. The minimum atomic E-state index is -0.334. The maximum atomic E-state index is 12.0. The van der Waals surface area contributed by atoms with Crippen molar-refractivity contribution in [3.05, 3.63) is 62.9 Å². The maximum absolute atomic E-state index is 12.0. The summed E-state index contributed by atoms with van der Waals surface area (Å²) in [5, 5.41) is 11.1. The summed E-state index contributed by atoms with van der Waals surface area (Å²) in [7, 11) is 0. The summed E-state index contributed by atoms with van der Waals surface area (Å²) >= 11 is 0. The number of carbonyl (C=O) groups excluding carboxylic acids is 1. The first kappa shape index (κ1) is 19.8. The second-order valence-electron chi connectivity index (χ2n) is 6.92. The van der Waals surface area contributed by atoms with Gasteiger partial charge in [0.2, 0.25) is 0 Å². The Balaban J connectivity index is 1.77. The van der Waals surface area contributed by atoms with E-state index in [4.69, 9.17) is 10.5 Å². The van der Waals surface area contributed by atoms with Crippen LogP contribution in [0.4, 0.5) is 0 Å². The number of allylic oxidation sites excluding steroid dienone is 3. The minimum Gasteiger partial charge on any atom is -0.486 e. The number of rotatable bonds is 9. The molecule has 6 heteroatoms. The summed E-state index contributed by atoms with van der Waals surface area (Å²) in [5.41, 5.74) is 8.86. The molecular weight excluding hydrogens is 332 g/mol. The van der Waals surface area contributed by atoms with Gasteiger partial charge in [-0.25, -0.2) is 0 Å². The van der Waals surface area contributed by atoms with Crippen LogP contribution < -0.4 is 10.5 Å². The monoisotopic (exact) mass is 358 g/mol. The Morgan fingerprint density at radius 3 is 2.69 bits per heavy atom. The number of aryl methyl sites for hydroxylation is 1. The van der Waals surface area contributed by atoms with Gasteiger partial charge < -0.3 is 10.5 Å². The molecule has 0 saturated carbocycles. The predicted octanol–water partition coefficient (Wildman–Crippen LogP) is 3.57. The first-order chi connectivity index (χ1) is 12.3. The number of nitro groups is 1. The normalized spacial score (nSPS) is 17.8. The van der Waals surface area contributed by atoms with Crippen LogP contribution in [-0.4, -0.2) is 23.4 Å². The van der Waals surface area contributed by atoms with Crippen LogP contribution in [0.15, 0.2) is 47.2 Å². The fourth-order valence-corrected chi connectivity index (χ4v) is 3.26. The molecule has 0 aromatic heterocycles. The molecule has 0 heterocycles. The molecule has 2 N–H and O–H groups in total. The summed E-state index contributed by atoms with van der Waals surface area (Å²) in [5.74, 6) is 0.657. The molecule has 2 rings (SSSR count). The van der Waals surface area contributed by atoms with Gasteiger partial charge in [-0.3, -0.25) is 14.9 Å². The van der Waals surface area contributed by atoms with E-state index in [1.165, 1.54) is 0 Å². The van der Waals surface area contributed by atoms with E-state index in [0.29, 0.717) is 30.6 Å². The average Bonchev–Trinajstić information content (AvgIpc) is 2.84.